The Hall–Kier alpha value is -1.30. The number of likely N-dealkylation sites (N-methyl/N-ethyl adjacent to an activating group) is 1. The molecule has 6 heteroatoms. The van der Waals surface area contributed by atoms with Crippen LogP contribution in [-0.2, 0) is 9.53 Å². The molecule has 0 bridgehead atoms. The van der Waals surface area contributed by atoms with E-state index in [1.807, 2.05) is 13.8 Å². The van der Waals surface area contributed by atoms with E-state index in [4.69, 9.17) is 10.5 Å². The molecule has 19 heavy (non-hydrogen) atoms. The second-order valence-corrected chi connectivity index (χ2v) is 5.59. The predicted octanol–water partition coefficient (Wildman–Crippen LogP) is 0.563. The minimum absolute atomic E-state index is 0.0977. The Morgan fingerprint density at radius 1 is 1.42 bits per heavy atom. The van der Waals surface area contributed by atoms with Gasteiger partial charge < -0.3 is 20.7 Å². The molecule has 0 aromatic carbocycles. The quantitative estimate of drug-likeness (QED) is 0.782. The summed E-state index contributed by atoms with van der Waals surface area (Å²) in [7, 11) is 1.77. The topological polar surface area (TPSA) is 84.7 Å². The number of carbonyl (C=O) groups excluding carboxylic acids is 2. The number of rotatable bonds is 4. The monoisotopic (exact) mass is 271 g/mol. The SMILES string of the molecule is CC(C)C(OC(N)=O)C(=O)N(C)C1CCNCC1C. The molecular weight excluding hydrogens is 246 g/mol. The lowest BCUT2D eigenvalue weighted by atomic mass is 9.93. The summed E-state index contributed by atoms with van der Waals surface area (Å²) in [4.78, 5) is 25.0. The van der Waals surface area contributed by atoms with Gasteiger partial charge in [0.1, 0.15) is 0 Å². The highest BCUT2D eigenvalue weighted by molar-refractivity contribution is 5.83. The van der Waals surface area contributed by atoms with E-state index in [2.05, 4.69) is 12.2 Å². The first-order valence-electron chi connectivity index (χ1n) is 6.78. The van der Waals surface area contributed by atoms with Gasteiger partial charge in [0.25, 0.3) is 5.91 Å². The minimum Gasteiger partial charge on any atom is -0.436 e. The highest BCUT2D eigenvalue weighted by Gasteiger charge is 2.34. The summed E-state index contributed by atoms with van der Waals surface area (Å²) in [6, 6.07) is 0.173. The third-order valence-corrected chi connectivity index (χ3v) is 3.68. The zero-order chi connectivity index (χ0) is 14.6. The molecule has 3 atom stereocenters. The summed E-state index contributed by atoms with van der Waals surface area (Å²) < 4.78 is 4.95. The largest absolute Gasteiger partial charge is 0.436 e. The van der Waals surface area contributed by atoms with E-state index in [9.17, 15) is 9.59 Å². The Morgan fingerprint density at radius 2 is 2.05 bits per heavy atom. The molecule has 0 spiro atoms. The smallest absolute Gasteiger partial charge is 0.405 e. The zero-order valence-corrected chi connectivity index (χ0v) is 12.2. The number of ether oxygens (including phenoxy) is 1. The normalized spacial score (nSPS) is 24.9. The van der Waals surface area contributed by atoms with Crippen molar-refractivity contribution in [1.82, 2.24) is 10.2 Å². The van der Waals surface area contributed by atoms with E-state index in [0.717, 1.165) is 19.5 Å². The molecule has 0 aromatic heterocycles. The number of hydrogen-bond acceptors (Lipinski definition) is 4. The summed E-state index contributed by atoms with van der Waals surface area (Å²) in [6.07, 6.45) is -0.798. The Balaban J connectivity index is 2.74. The molecule has 0 saturated carbocycles. The molecule has 1 heterocycles. The van der Waals surface area contributed by atoms with Crippen LogP contribution in [0.2, 0.25) is 0 Å². The number of amides is 2. The van der Waals surface area contributed by atoms with E-state index < -0.39 is 12.2 Å². The van der Waals surface area contributed by atoms with Crippen LogP contribution in [0.4, 0.5) is 4.79 Å². The van der Waals surface area contributed by atoms with Gasteiger partial charge in [-0.15, -0.1) is 0 Å². The fourth-order valence-corrected chi connectivity index (χ4v) is 2.54. The van der Waals surface area contributed by atoms with Crippen molar-refractivity contribution in [2.24, 2.45) is 17.6 Å². The first kappa shape index (κ1) is 15.8. The average Bonchev–Trinajstić information content (AvgIpc) is 2.34. The minimum atomic E-state index is -0.904. The molecule has 3 N–H and O–H groups in total. The lowest BCUT2D eigenvalue weighted by Gasteiger charge is -2.38. The number of nitrogens with zero attached hydrogens (tertiary/aromatic N) is 1. The van der Waals surface area contributed by atoms with Crippen LogP contribution in [0.1, 0.15) is 27.2 Å². The highest BCUT2D eigenvalue weighted by Crippen LogP contribution is 2.19. The van der Waals surface area contributed by atoms with Crippen molar-refractivity contribution in [3.05, 3.63) is 0 Å². The molecule has 2 amide bonds. The van der Waals surface area contributed by atoms with Crippen molar-refractivity contribution in [2.45, 2.75) is 39.3 Å². The maximum atomic E-state index is 12.4. The van der Waals surface area contributed by atoms with Crippen LogP contribution in [0.25, 0.3) is 0 Å². The van der Waals surface area contributed by atoms with Gasteiger partial charge >= 0.3 is 6.09 Å². The van der Waals surface area contributed by atoms with Crippen molar-refractivity contribution in [1.29, 1.82) is 0 Å². The van der Waals surface area contributed by atoms with Crippen molar-refractivity contribution in [3.63, 3.8) is 0 Å². The van der Waals surface area contributed by atoms with E-state index in [-0.39, 0.29) is 17.9 Å². The maximum Gasteiger partial charge on any atom is 0.405 e. The van der Waals surface area contributed by atoms with Crippen LogP contribution < -0.4 is 11.1 Å². The van der Waals surface area contributed by atoms with E-state index >= 15 is 0 Å². The molecule has 1 aliphatic rings. The lowest BCUT2D eigenvalue weighted by molar-refractivity contribution is -0.144. The van der Waals surface area contributed by atoms with Crippen LogP contribution >= 0.6 is 0 Å². The van der Waals surface area contributed by atoms with E-state index in [1.165, 1.54) is 0 Å². The third-order valence-electron chi connectivity index (χ3n) is 3.68. The van der Waals surface area contributed by atoms with Gasteiger partial charge in [-0.05, 0) is 31.3 Å². The second kappa shape index (κ2) is 6.75. The summed E-state index contributed by atoms with van der Waals surface area (Å²) in [5, 5.41) is 3.30. The Morgan fingerprint density at radius 3 is 2.53 bits per heavy atom. The fourth-order valence-electron chi connectivity index (χ4n) is 2.54. The van der Waals surface area contributed by atoms with E-state index in [1.54, 1.807) is 11.9 Å². The van der Waals surface area contributed by atoms with Gasteiger partial charge in [0, 0.05) is 13.1 Å². The van der Waals surface area contributed by atoms with Crippen molar-refractivity contribution in [3.8, 4) is 0 Å². The number of nitrogens with one attached hydrogen (secondary N) is 1. The third kappa shape index (κ3) is 4.09. The van der Waals surface area contributed by atoms with E-state index in [0.29, 0.717) is 5.92 Å². The summed E-state index contributed by atoms with van der Waals surface area (Å²) in [5.41, 5.74) is 5.03. The molecule has 1 fully saturated rings. The van der Waals surface area contributed by atoms with Gasteiger partial charge in [-0.25, -0.2) is 4.79 Å². The summed E-state index contributed by atoms with van der Waals surface area (Å²) in [6.45, 7) is 7.58. The van der Waals surface area contributed by atoms with Crippen LogP contribution in [0, 0.1) is 11.8 Å². The number of nitrogens with two attached hydrogens (primary N) is 1. The van der Waals surface area contributed by atoms with Gasteiger partial charge in [0.05, 0.1) is 0 Å². The lowest BCUT2D eigenvalue weighted by Crippen LogP contribution is -2.53. The molecule has 1 rings (SSSR count). The molecule has 0 radical (unpaired) electrons. The number of piperidine rings is 1. The maximum absolute atomic E-state index is 12.4. The highest BCUT2D eigenvalue weighted by atomic mass is 16.6. The van der Waals surface area contributed by atoms with Crippen molar-refractivity contribution in [2.75, 3.05) is 20.1 Å². The van der Waals surface area contributed by atoms with Gasteiger partial charge in [-0.1, -0.05) is 20.8 Å². The van der Waals surface area contributed by atoms with Crippen molar-refractivity contribution < 1.29 is 14.3 Å². The Kier molecular flexibility index (Phi) is 5.60. The number of hydrogen-bond donors (Lipinski definition) is 2. The number of primary amides is 1. The molecule has 110 valence electrons. The first-order valence-corrected chi connectivity index (χ1v) is 6.78. The molecule has 1 saturated heterocycles. The van der Waals surface area contributed by atoms with Gasteiger partial charge in [0.2, 0.25) is 0 Å². The van der Waals surface area contributed by atoms with Crippen LogP contribution in [0.15, 0.2) is 0 Å². The number of carbonyl (C=O) groups is 2. The molecule has 6 nitrogen and oxygen atoms in total. The van der Waals surface area contributed by atoms with Crippen LogP contribution in [0.3, 0.4) is 0 Å². The van der Waals surface area contributed by atoms with Crippen LogP contribution in [0.5, 0.6) is 0 Å². The molecule has 1 aliphatic heterocycles. The van der Waals surface area contributed by atoms with Crippen LogP contribution in [-0.4, -0.2) is 49.2 Å². The summed E-state index contributed by atoms with van der Waals surface area (Å²) >= 11 is 0. The van der Waals surface area contributed by atoms with Crippen molar-refractivity contribution >= 4 is 12.0 Å². The molecular formula is C13H25N3O3. The predicted molar refractivity (Wildman–Crippen MR) is 72.5 cm³/mol. The summed E-state index contributed by atoms with van der Waals surface area (Å²) in [5.74, 6) is 0.108. The molecule has 3 unspecified atom stereocenters. The first-order chi connectivity index (χ1) is 8.84. The standard InChI is InChI=1S/C13H25N3O3/c1-8(2)11(19-13(14)18)12(17)16(4)10-5-6-15-7-9(10)3/h8-11,15H,5-7H2,1-4H3,(H2,14,18). The second-order valence-electron chi connectivity index (χ2n) is 5.59. The zero-order valence-electron chi connectivity index (χ0n) is 12.2. The van der Waals surface area contributed by atoms with Gasteiger partial charge in [0.15, 0.2) is 6.10 Å². The van der Waals surface area contributed by atoms with Gasteiger partial charge in [-0.3, -0.25) is 4.79 Å². The Labute approximate surface area is 114 Å². The molecule has 0 aromatic rings. The fraction of sp³-hybridized carbons (Fsp3) is 0.846. The van der Waals surface area contributed by atoms with Gasteiger partial charge in [-0.2, -0.15) is 0 Å². The average molecular weight is 271 g/mol. The molecule has 0 aliphatic carbocycles. The Bertz CT molecular complexity index is 333.